The summed E-state index contributed by atoms with van der Waals surface area (Å²) >= 11 is 0. The fourth-order valence-corrected chi connectivity index (χ4v) is 2.05. The Hall–Kier alpha value is -1.00. The summed E-state index contributed by atoms with van der Waals surface area (Å²) < 4.78 is 12.8. The second-order valence-corrected chi connectivity index (χ2v) is 5.85. The monoisotopic (exact) mass is 267 g/mol. The van der Waals surface area contributed by atoms with E-state index in [0.29, 0.717) is 5.92 Å². The van der Waals surface area contributed by atoms with E-state index in [1.54, 1.807) is 6.07 Å². The molecule has 0 aliphatic carbocycles. The Bertz CT molecular complexity index is 364. The van der Waals surface area contributed by atoms with Crippen LogP contribution < -0.4 is 5.73 Å². The summed E-state index contributed by atoms with van der Waals surface area (Å²) in [6.07, 6.45) is 2.41. The standard InChI is InChI=1S/C15H26FN3/c1-11(2)7-8-19(4)10-12(3)15(17)14-6-5-13(16)9-18-14/h5-6,9,11-12,15H,7-8,10,17H2,1-4H3. The van der Waals surface area contributed by atoms with Gasteiger partial charge in [0.2, 0.25) is 0 Å². The minimum atomic E-state index is -0.322. The molecule has 0 fully saturated rings. The van der Waals surface area contributed by atoms with Crippen LogP contribution in [0.3, 0.4) is 0 Å². The van der Waals surface area contributed by atoms with Gasteiger partial charge in [-0.15, -0.1) is 0 Å². The lowest BCUT2D eigenvalue weighted by Gasteiger charge is -2.25. The number of pyridine rings is 1. The van der Waals surface area contributed by atoms with Crippen molar-refractivity contribution < 1.29 is 4.39 Å². The van der Waals surface area contributed by atoms with Gasteiger partial charge < -0.3 is 10.6 Å². The lowest BCUT2D eigenvalue weighted by molar-refractivity contribution is 0.250. The first-order valence-corrected chi connectivity index (χ1v) is 6.95. The van der Waals surface area contributed by atoms with E-state index in [2.05, 4.69) is 37.7 Å². The third-order valence-electron chi connectivity index (χ3n) is 3.39. The van der Waals surface area contributed by atoms with E-state index in [0.717, 1.165) is 18.8 Å². The first kappa shape index (κ1) is 16.1. The van der Waals surface area contributed by atoms with Crippen molar-refractivity contribution in [2.24, 2.45) is 17.6 Å². The number of hydrogen-bond donors (Lipinski definition) is 1. The van der Waals surface area contributed by atoms with Crippen LogP contribution in [0.2, 0.25) is 0 Å². The molecule has 0 radical (unpaired) electrons. The summed E-state index contributed by atoms with van der Waals surface area (Å²) in [5, 5.41) is 0. The van der Waals surface area contributed by atoms with Crippen LogP contribution in [-0.2, 0) is 0 Å². The third-order valence-corrected chi connectivity index (χ3v) is 3.39. The molecular formula is C15H26FN3. The second-order valence-electron chi connectivity index (χ2n) is 5.85. The summed E-state index contributed by atoms with van der Waals surface area (Å²) in [6, 6.07) is 2.93. The van der Waals surface area contributed by atoms with Crippen molar-refractivity contribution >= 4 is 0 Å². The smallest absolute Gasteiger partial charge is 0.141 e. The number of nitrogens with zero attached hydrogens (tertiary/aromatic N) is 2. The Morgan fingerprint density at radius 3 is 2.53 bits per heavy atom. The molecule has 0 aliphatic heterocycles. The molecule has 2 unspecified atom stereocenters. The zero-order chi connectivity index (χ0) is 14.4. The minimum Gasteiger partial charge on any atom is -0.322 e. The number of rotatable bonds is 7. The SMILES string of the molecule is CC(C)CCN(C)CC(C)C(N)c1ccc(F)cn1. The highest BCUT2D eigenvalue weighted by Gasteiger charge is 2.18. The van der Waals surface area contributed by atoms with Crippen LogP contribution in [0.15, 0.2) is 18.3 Å². The van der Waals surface area contributed by atoms with Gasteiger partial charge in [0.15, 0.2) is 0 Å². The Kier molecular flexibility index (Phi) is 6.38. The van der Waals surface area contributed by atoms with E-state index in [1.807, 2.05) is 0 Å². The molecule has 1 aromatic rings. The van der Waals surface area contributed by atoms with Crippen molar-refractivity contribution in [2.45, 2.75) is 33.2 Å². The van der Waals surface area contributed by atoms with Gasteiger partial charge >= 0.3 is 0 Å². The van der Waals surface area contributed by atoms with E-state index in [4.69, 9.17) is 5.73 Å². The van der Waals surface area contributed by atoms with E-state index in [-0.39, 0.29) is 17.8 Å². The van der Waals surface area contributed by atoms with Crippen LogP contribution in [0.4, 0.5) is 4.39 Å². The van der Waals surface area contributed by atoms with Crippen molar-refractivity contribution in [3.63, 3.8) is 0 Å². The molecule has 0 spiro atoms. The van der Waals surface area contributed by atoms with Gasteiger partial charge in [-0.3, -0.25) is 4.98 Å². The molecule has 2 N–H and O–H groups in total. The van der Waals surface area contributed by atoms with Crippen molar-refractivity contribution in [3.8, 4) is 0 Å². The molecule has 1 rings (SSSR count). The highest BCUT2D eigenvalue weighted by molar-refractivity contribution is 5.10. The van der Waals surface area contributed by atoms with E-state index in [9.17, 15) is 4.39 Å². The van der Waals surface area contributed by atoms with Crippen molar-refractivity contribution in [3.05, 3.63) is 29.8 Å². The summed E-state index contributed by atoms with van der Waals surface area (Å²) in [5.74, 6) is 0.679. The summed E-state index contributed by atoms with van der Waals surface area (Å²) in [4.78, 5) is 6.36. The summed E-state index contributed by atoms with van der Waals surface area (Å²) in [6.45, 7) is 8.57. The van der Waals surface area contributed by atoms with Crippen molar-refractivity contribution in [1.29, 1.82) is 0 Å². The quantitative estimate of drug-likeness (QED) is 0.826. The van der Waals surface area contributed by atoms with Gasteiger partial charge in [0.25, 0.3) is 0 Å². The molecule has 0 bridgehead atoms. The number of hydrogen-bond acceptors (Lipinski definition) is 3. The van der Waals surface area contributed by atoms with Gasteiger partial charge in [-0.1, -0.05) is 20.8 Å². The number of aromatic nitrogens is 1. The third kappa shape index (κ3) is 5.66. The Labute approximate surface area is 116 Å². The zero-order valence-corrected chi connectivity index (χ0v) is 12.4. The van der Waals surface area contributed by atoms with E-state index in [1.165, 1.54) is 18.7 Å². The van der Waals surface area contributed by atoms with E-state index >= 15 is 0 Å². The highest BCUT2D eigenvalue weighted by Crippen LogP contribution is 2.18. The first-order chi connectivity index (χ1) is 8.90. The highest BCUT2D eigenvalue weighted by atomic mass is 19.1. The van der Waals surface area contributed by atoms with Crippen LogP contribution >= 0.6 is 0 Å². The largest absolute Gasteiger partial charge is 0.322 e. The predicted molar refractivity (Wildman–Crippen MR) is 77.2 cm³/mol. The average Bonchev–Trinajstić information content (AvgIpc) is 2.36. The van der Waals surface area contributed by atoms with Gasteiger partial charge in [-0.05, 0) is 44.0 Å². The Balaban J connectivity index is 2.48. The lowest BCUT2D eigenvalue weighted by atomic mass is 9.98. The number of nitrogens with two attached hydrogens (primary N) is 1. The van der Waals surface area contributed by atoms with Crippen LogP contribution in [0.1, 0.15) is 38.9 Å². The molecule has 1 aromatic heterocycles. The zero-order valence-electron chi connectivity index (χ0n) is 12.4. The Morgan fingerprint density at radius 1 is 1.32 bits per heavy atom. The number of halogens is 1. The molecule has 0 amide bonds. The molecule has 2 atom stereocenters. The Morgan fingerprint density at radius 2 is 2.00 bits per heavy atom. The van der Waals surface area contributed by atoms with Crippen molar-refractivity contribution in [1.82, 2.24) is 9.88 Å². The van der Waals surface area contributed by atoms with Gasteiger partial charge in [-0.25, -0.2) is 4.39 Å². The summed E-state index contributed by atoms with van der Waals surface area (Å²) in [5.41, 5.74) is 6.94. The molecule has 1 heterocycles. The lowest BCUT2D eigenvalue weighted by Crippen LogP contribution is -2.32. The molecule has 0 saturated carbocycles. The predicted octanol–water partition coefficient (Wildman–Crippen LogP) is 2.83. The molecule has 108 valence electrons. The van der Waals surface area contributed by atoms with Gasteiger partial charge in [0, 0.05) is 6.54 Å². The van der Waals surface area contributed by atoms with Crippen LogP contribution in [0, 0.1) is 17.7 Å². The molecule has 0 aliphatic rings. The normalized spacial score (nSPS) is 14.9. The maximum absolute atomic E-state index is 12.8. The summed E-state index contributed by atoms with van der Waals surface area (Å²) in [7, 11) is 2.11. The van der Waals surface area contributed by atoms with Crippen LogP contribution in [0.25, 0.3) is 0 Å². The van der Waals surface area contributed by atoms with Crippen LogP contribution in [-0.4, -0.2) is 30.0 Å². The molecule has 3 nitrogen and oxygen atoms in total. The minimum absolute atomic E-state index is 0.151. The fourth-order valence-electron chi connectivity index (χ4n) is 2.05. The van der Waals surface area contributed by atoms with Crippen molar-refractivity contribution in [2.75, 3.05) is 20.1 Å². The van der Waals surface area contributed by atoms with Gasteiger partial charge in [0.05, 0.1) is 17.9 Å². The topological polar surface area (TPSA) is 42.1 Å². The molecule has 4 heteroatoms. The maximum Gasteiger partial charge on any atom is 0.141 e. The molecular weight excluding hydrogens is 241 g/mol. The maximum atomic E-state index is 12.8. The van der Waals surface area contributed by atoms with E-state index < -0.39 is 0 Å². The average molecular weight is 267 g/mol. The second kappa shape index (κ2) is 7.56. The molecule has 0 aromatic carbocycles. The van der Waals surface area contributed by atoms with Crippen LogP contribution in [0.5, 0.6) is 0 Å². The first-order valence-electron chi connectivity index (χ1n) is 6.95. The fraction of sp³-hybridized carbons (Fsp3) is 0.667. The molecule has 0 saturated heterocycles. The van der Waals surface area contributed by atoms with Gasteiger partial charge in [0.1, 0.15) is 5.82 Å². The van der Waals surface area contributed by atoms with Gasteiger partial charge in [-0.2, -0.15) is 0 Å². The molecule has 19 heavy (non-hydrogen) atoms.